The van der Waals surface area contributed by atoms with Gasteiger partial charge in [0.2, 0.25) is 9.04 Å². The molecule has 1 aliphatic heterocycles. The van der Waals surface area contributed by atoms with Gasteiger partial charge in [-0.05, 0) is 64.4 Å². The number of halogens is 2. The van der Waals surface area contributed by atoms with Crippen molar-refractivity contribution >= 4 is 77.6 Å². The lowest BCUT2D eigenvalue weighted by Crippen LogP contribution is -2.46. The third-order valence-electron chi connectivity index (χ3n) is 7.97. The molecule has 6 nitrogen and oxygen atoms in total. The van der Waals surface area contributed by atoms with E-state index in [1.54, 1.807) is 34.2 Å². The number of fused-ring (bicyclic) bond motifs is 1. The van der Waals surface area contributed by atoms with Crippen LogP contribution in [0.25, 0.3) is 0 Å². The molecule has 1 aliphatic rings. The maximum Gasteiger partial charge on any atom is 0.335 e. The lowest BCUT2D eigenvalue weighted by Gasteiger charge is -2.37. The molecule has 4 aromatic carbocycles. The average Bonchev–Trinajstić information content (AvgIpc) is 3.06. The van der Waals surface area contributed by atoms with E-state index in [4.69, 9.17) is 32.6 Å². The van der Waals surface area contributed by atoms with Gasteiger partial charge in [-0.3, -0.25) is 4.90 Å². The Labute approximate surface area is 292 Å². The second-order valence-corrected chi connectivity index (χ2v) is 16.7. The van der Waals surface area contributed by atoms with Crippen molar-refractivity contribution in [2.24, 2.45) is 5.41 Å². The first-order valence-corrected chi connectivity index (χ1v) is 19.0. The number of hydrogen-bond acceptors (Lipinski definition) is 5. The summed E-state index contributed by atoms with van der Waals surface area (Å²) in [5.41, 5.74) is 3.03. The zero-order valence-electron chi connectivity index (χ0n) is 26.7. The van der Waals surface area contributed by atoms with Gasteiger partial charge >= 0.3 is 6.03 Å². The quantitative estimate of drug-likeness (QED) is 0.0875. The number of amides is 2. The number of thioether (sulfide) groups is 1. The van der Waals surface area contributed by atoms with Crippen molar-refractivity contribution in [1.29, 1.82) is 0 Å². The molecule has 0 N–H and O–H groups in total. The van der Waals surface area contributed by atoms with Crippen molar-refractivity contribution in [1.82, 2.24) is 9.97 Å². The van der Waals surface area contributed by atoms with Crippen LogP contribution in [0.2, 0.25) is 10.0 Å². The predicted octanol–water partition coefficient (Wildman–Crippen LogP) is 8.82. The molecule has 0 aliphatic carbocycles. The summed E-state index contributed by atoms with van der Waals surface area (Å²) >= 11 is 14.3. The molecule has 1 atom stereocenters. The molecule has 2 heterocycles. The van der Waals surface area contributed by atoms with Crippen LogP contribution in [0, 0.1) is 5.41 Å². The first kappa shape index (κ1) is 33.2. The van der Waals surface area contributed by atoms with Crippen LogP contribution in [0.15, 0.2) is 114 Å². The van der Waals surface area contributed by atoms with Crippen LogP contribution >= 0.6 is 35.0 Å². The van der Waals surface area contributed by atoms with Gasteiger partial charge in [0.1, 0.15) is 0 Å². The number of carbonyl (C=O) groups is 1. The normalized spacial score (nSPS) is 14.0. The number of carbonyl (C=O) groups excluding carboxylic acids is 1. The number of aromatic nitrogens is 2. The average molecular weight is 700 g/mol. The Morgan fingerprint density at radius 2 is 1.60 bits per heavy atom. The van der Waals surface area contributed by atoms with Gasteiger partial charge in [0.15, 0.2) is 11.0 Å². The first-order valence-electron chi connectivity index (χ1n) is 15.4. The highest BCUT2D eigenvalue weighted by atomic mass is 35.5. The maximum absolute atomic E-state index is 14.5. The molecule has 0 saturated carbocycles. The number of nitrogens with zero attached hydrogens (tertiary/aromatic N) is 4. The molecule has 47 heavy (non-hydrogen) atoms. The standard InChI is InChI=1S/C37H36Cl2N4O2SSi/c1-37(2,3)22-33(45-47(29-14-7-5-8-15-29)30-16-9-6-10-17-30)25-12-11-13-28(20-25)43-34-26(23-40-35(41-34)46-4)24-42(36(43)44)32-19-18-27(38)21-31(32)39/h5-21,23,33,47H,22,24H2,1-4H3. The molecule has 0 fully saturated rings. The monoisotopic (exact) mass is 698 g/mol. The smallest absolute Gasteiger partial charge is 0.335 e. The van der Waals surface area contributed by atoms with Gasteiger partial charge in [0.25, 0.3) is 0 Å². The van der Waals surface area contributed by atoms with Gasteiger partial charge in [-0.15, -0.1) is 0 Å². The Morgan fingerprint density at radius 1 is 0.915 bits per heavy atom. The van der Waals surface area contributed by atoms with Crippen LogP contribution in [0.5, 0.6) is 0 Å². The molecule has 1 aromatic heterocycles. The highest BCUT2D eigenvalue weighted by Crippen LogP contribution is 2.41. The summed E-state index contributed by atoms with van der Waals surface area (Å²) in [6.07, 6.45) is 4.27. The molecular weight excluding hydrogens is 663 g/mol. The summed E-state index contributed by atoms with van der Waals surface area (Å²) < 4.78 is 7.24. The molecule has 240 valence electrons. The number of anilines is 3. The fraction of sp³-hybridized carbons (Fsp3) is 0.216. The molecular formula is C37H36Cl2N4O2SSi. The fourth-order valence-corrected chi connectivity index (χ4v) is 9.06. The summed E-state index contributed by atoms with van der Waals surface area (Å²) in [6, 6.07) is 34.0. The van der Waals surface area contributed by atoms with E-state index in [1.165, 1.54) is 22.1 Å². The molecule has 0 saturated heterocycles. The van der Waals surface area contributed by atoms with Crippen LogP contribution in [-0.4, -0.2) is 31.3 Å². The topological polar surface area (TPSA) is 58.6 Å². The van der Waals surface area contributed by atoms with Crippen molar-refractivity contribution in [3.63, 3.8) is 0 Å². The van der Waals surface area contributed by atoms with E-state index < -0.39 is 9.04 Å². The van der Waals surface area contributed by atoms with Gasteiger partial charge in [0.05, 0.1) is 29.0 Å². The van der Waals surface area contributed by atoms with Gasteiger partial charge in [-0.25, -0.2) is 19.7 Å². The van der Waals surface area contributed by atoms with E-state index in [0.717, 1.165) is 17.5 Å². The number of hydrogen-bond donors (Lipinski definition) is 0. The largest absolute Gasteiger partial charge is 0.404 e. The second-order valence-electron chi connectivity index (χ2n) is 12.7. The van der Waals surface area contributed by atoms with Gasteiger partial charge < -0.3 is 4.43 Å². The second kappa shape index (κ2) is 14.2. The minimum absolute atomic E-state index is 0.0247. The van der Waals surface area contributed by atoms with E-state index in [9.17, 15) is 4.79 Å². The molecule has 2 amide bonds. The Morgan fingerprint density at radius 3 is 2.21 bits per heavy atom. The van der Waals surface area contributed by atoms with E-state index in [2.05, 4.69) is 86.4 Å². The van der Waals surface area contributed by atoms with Crippen molar-refractivity contribution in [3.05, 3.63) is 130 Å². The van der Waals surface area contributed by atoms with Crippen LogP contribution in [0.3, 0.4) is 0 Å². The lowest BCUT2D eigenvalue weighted by molar-refractivity contribution is 0.150. The van der Waals surface area contributed by atoms with Crippen LogP contribution < -0.4 is 20.2 Å². The van der Waals surface area contributed by atoms with Crippen LogP contribution in [-0.2, 0) is 11.0 Å². The summed E-state index contributed by atoms with van der Waals surface area (Å²) in [6.45, 7) is 6.97. The molecule has 0 bridgehead atoms. The number of benzene rings is 4. The summed E-state index contributed by atoms with van der Waals surface area (Å²) in [4.78, 5) is 27.1. The third-order valence-corrected chi connectivity index (χ3v) is 11.6. The Balaban J connectivity index is 1.44. The van der Waals surface area contributed by atoms with Crippen molar-refractivity contribution in [2.45, 2.75) is 45.0 Å². The minimum atomic E-state index is -2.09. The van der Waals surface area contributed by atoms with Gasteiger partial charge in [-0.1, -0.05) is 129 Å². The third kappa shape index (κ3) is 7.58. The lowest BCUT2D eigenvalue weighted by atomic mass is 9.87. The maximum atomic E-state index is 14.5. The molecule has 0 spiro atoms. The van der Waals surface area contributed by atoms with E-state index in [1.807, 2.05) is 30.5 Å². The summed E-state index contributed by atoms with van der Waals surface area (Å²) in [5.74, 6) is 0.557. The predicted molar refractivity (Wildman–Crippen MR) is 198 cm³/mol. The minimum Gasteiger partial charge on any atom is -0.404 e. The zero-order valence-corrected chi connectivity index (χ0v) is 30.2. The Bertz CT molecular complexity index is 1830. The number of urea groups is 1. The van der Waals surface area contributed by atoms with Gasteiger partial charge in [0, 0.05) is 16.8 Å². The van der Waals surface area contributed by atoms with Crippen LogP contribution in [0.4, 0.5) is 22.0 Å². The highest BCUT2D eigenvalue weighted by Gasteiger charge is 2.36. The molecule has 6 rings (SSSR count). The molecule has 1 unspecified atom stereocenters. The van der Waals surface area contributed by atoms with Crippen molar-refractivity contribution in [3.8, 4) is 0 Å². The Kier molecular flexibility index (Phi) is 10.1. The zero-order chi connectivity index (χ0) is 33.1. The summed E-state index contributed by atoms with van der Waals surface area (Å²) in [7, 11) is -2.09. The highest BCUT2D eigenvalue weighted by molar-refractivity contribution is 7.98. The molecule has 5 aromatic rings. The van der Waals surface area contributed by atoms with E-state index in [-0.39, 0.29) is 24.1 Å². The molecule has 10 heteroatoms. The fourth-order valence-electron chi connectivity index (χ4n) is 5.79. The van der Waals surface area contributed by atoms with Crippen LogP contribution in [0.1, 0.15) is 44.4 Å². The Hall–Kier alpha value is -3.66. The van der Waals surface area contributed by atoms with E-state index >= 15 is 0 Å². The van der Waals surface area contributed by atoms with Crippen molar-refractivity contribution < 1.29 is 9.22 Å². The van der Waals surface area contributed by atoms with Crippen molar-refractivity contribution in [2.75, 3.05) is 16.1 Å². The van der Waals surface area contributed by atoms with Gasteiger partial charge in [-0.2, -0.15) is 0 Å². The first-order chi connectivity index (χ1) is 22.6. The van der Waals surface area contributed by atoms with E-state index in [0.29, 0.717) is 32.4 Å². The summed E-state index contributed by atoms with van der Waals surface area (Å²) in [5, 5.41) is 3.90. The SMILES string of the molecule is CSc1ncc2c(n1)N(c1cccc(C(CC(C)(C)C)O[SiH](c3ccccc3)c3ccccc3)c1)C(=O)N(c1ccc(Cl)cc1Cl)C2. The molecule has 0 radical (unpaired) electrons. The number of rotatable bonds is 9.